The normalized spacial score (nSPS) is 21.6. The Morgan fingerprint density at radius 1 is 0.500 bits per heavy atom. The third-order valence-corrected chi connectivity index (χ3v) is 12.1. The fourth-order valence-corrected chi connectivity index (χ4v) is 10.1. The molecule has 0 amide bonds. The summed E-state index contributed by atoms with van der Waals surface area (Å²) in [4.78, 5) is 0. The molecule has 4 atom stereocenters. The van der Waals surface area contributed by atoms with Crippen LogP contribution in [-0.2, 0) is 0 Å². The van der Waals surface area contributed by atoms with E-state index >= 15 is 0 Å². The Bertz CT molecular complexity index is 2270. The van der Waals surface area contributed by atoms with Crippen molar-refractivity contribution in [2.45, 2.75) is 43.9 Å². The summed E-state index contributed by atoms with van der Waals surface area (Å²) in [5, 5.41) is 8.23. The monoisotopic (exact) mass is 588 g/mol. The van der Waals surface area contributed by atoms with E-state index in [1.54, 1.807) is 11.1 Å². The summed E-state index contributed by atoms with van der Waals surface area (Å²) < 4.78 is 0. The number of benzene rings is 7. The highest BCUT2D eigenvalue weighted by atomic mass is 14.5. The lowest BCUT2D eigenvalue weighted by molar-refractivity contribution is 0.408. The van der Waals surface area contributed by atoms with E-state index in [-0.39, 0.29) is 0 Å². The van der Waals surface area contributed by atoms with Crippen molar-refractivity contribution in [2.75, 3.05) is 0 Å². The van der Waals surface area contributed by atoms with E-state index in [2.05, 4.69) is 135 Å². The van der Waals surface area contributed by atoms with Crippen LogP contribution >= 0.6 is 0 Å². The molecule has 7 aromatic carbocycles. The highest BCUT2D eigenvalue weighted by molar-refractivity contribution is 6.46. The molecule has 0 saturated heterocycles. The minimum absolute atomic E-state index is 0.646. The van der Waals surface area contributed by atoms with Gasteiger partial charge in [0.1, 0.15) is 7.85 Å². The first kappa shape index (κ1) is 26.6. The molecule has 0 aliphatic heterocycles. The first-order valence-corrected chi connectivity index (χ1v) is 17.4. The molecule has 0 radical (unpaired) electrons. The number of fused-ring (bicyclic) bond motifs is 4. The summed E-state index contributed by atoms with van der Waals surface area (Å²) >= 11 is 0. The molecule has 0 aromatic heterocycles. The van der Waals surface area contributed by atoms with Crippen LogP contribution < -0.4 is 5.46 Å². The maximum Gasteiger partial charge on any atom is 0.140 e. The molecule has 0 heterocycles. The highest BCUT2D eigenvalue weighted by Gasteiger charge is 2.42. The molecule has 220 valence electrons. The van der Waals surface area contributed by atoms with Crippen LogP contribution in [0.25, 0.3) is 65.7 Å². The number of hydrogen-bond donors (Lipinski definition) is 0. The molecule has 1 heteroatoms. The lowest BCUT2D eigenvalue weighted by atomic mass is 9.80. The van der Waals surface area contributed by atoms with Crippen molar-refractivity contribution in [1.29, 1.82) is 0 Å². The minimum atomic E-state index is 0.646. The zero-order valence-electron chi connectivity index (χ0n) is 26.5. The minimum Gasteiger partial charge on any atom is -0.0735 e. The first-order chi connectivity index (χ1) is 22.7. The summed E-state index contributed by atoms with van der Waals surface area (Å²) in [6, 6.07) is 48.6. The van der Waals surface area contributed by atoms with Crippen LogP contribution in [0.4, 0.5) is 0 Å². The molecule has 0 spiro atoms. The quantitative estimate of drug-likeness (QED) is 0.139. The maximum absolute atomic E-state index is 2.58. The van der Waals surface area contributed by atoms with E-state index < -0.39 is 0 Å². The predicted molar refractivity (Wildman–Crippen MR) is 199 cm³/mol. The molecule has 4 aliphatic rings. The lowest BCUT2D eigenvalue weighted by Crippen LogP contribution is -2.09. The Hall–Kier alpha value is -4.62. The number of rotatable bonds is 2. The third kappa shape index (κ3) is 3.94. The second-order valence-corrected chi connectivity index (χ2v) is 14.4. The van der Waals surface area contributed by atoms with E-state index in [1.807, 2.05) is 0 Å². The van der Waals surface area contributed by atoms with Crippen LogP contribution in [0.5, 0.6) is 0 Å². The van der Waals surface area contributed by atoms with Crippen molar-refractivity contribution < 1.29 is 0 Å². The lowest BCUT2D eigenvalue weighted by Gasteiger charge is -2.24. The van der Waals surface area contributed by atoms with Gasteiger partial charge < -0.3 is 0 Å². The Morgan fingerprint density at radius 3 is 1.89 bits per heavy atom. The van der Waals surface area contributed by atoms with Crippen LogP contribution in [0.2, 0.25) is 0 Å². The van der Waals surface area contributed by atoms with E-state index in [4.69, 9.17) is 0 Å². The zero-order valence-corrected chi connectivity index (χ0v) is 26.5. The smallest absolute Gasteiger partial charge is 0.0735 e. The van der Waals surface area contributed by atoms with Crippen LogP contribution in [0.1, 0.15) is 55.1 Å². The third-order valence-electron chi connectivity index (χ3n) is 12.1. The Morgan fingerprint density at radius 2 is 1.13 bits per heavy atom. The predicted octanol–water partition coefficient (Wildman–Crippen LogP) is 10.8. The molecule has 11 rings (SSSR count). The topological polar surface area (TPSA) is 0 Å². The molecule has 4 bridgehead atoms. The van der Waals surface area contributed by atoms with Crippen molar-refractivity contribution in [2.24, 2.45) is 11.8 Å². The van der Waals surface area contributed by atoms with Crippen molar-refractivity contribution in [3.63, 3.8) is 0 Å². The Labute approximate surface area is 272 Å². The molecule has 4 aliphatic carbocycles. The van der Waals surface area contributed by atoms with Gasteiger partial charge in [-0.2, -0.15) is 0 Å². The Balaban J connectivity index is 1.12. The summed E-state index contributed by atoms with van der Waals surface area (Å²) in [5.41, 5.74) is 12.9. The van der Waals surface area contributed by atoms with Crippen LogP contribution in [0.15, 0.2) is 127 Å². The summed E-state index contributed by atoms with van der Waals surface area (Å²) in [7, 11) is 2.26. The van der Waals surface area contributed by atoms with Gasteiger partial charge in [-0.15, -0.1) is 0 Å². The van der Waals surface area contributed by atoms with Crippen molar-refractivity contribution in [1.82, 2.24) is 0 Å². The van der Waals surface area contributed by atoms with Crippen molar-refractivity contribution in [3.05, 3.63) is 139 Å². The van der Waals surface area contributed by atoms with Gasteiger partial charge in [-0.3, -0.25) is 0 Å². The molecular formula is C45H37B. The highest BCUT2D eigenvalue weighted by Crippen LogP contribution is 2.58. The van der Waals surface area contributed by atoms with Gasteiger partial charge in [0.05, 0.1) is 0 Å². The standard InChI is InChI=1S/C45H37B/c46-45-39-11-5-3-9-36(39)43(37-10-4-6-12-40(37)45)30-15-13-28(14-16-30)31-20-21-35-38-22-19-29-7-1-2-8-34(29)44(38)42-25-27-23-32(41(35)26-31)17-18-33(42)24-27/h1-16,19-22,26-27,32-33,42H,17-18,23-25,46H2. The average molecular weight is 589 g/mol. The van der Waals surface area contributed by atoms with Crippen molar-refractivity contribution >= 4 is 45.6 Å². The van der Waals surface area contributed by atoms with Crippen LogP contribution in [0.3, 0.4) is 0 Å². The van der Waals surface area contributed by atoms with Crippen LogP contribution in [0, 0.1) is 11.8 Å². The van der Waals surface area contributed by atoms with E-state index in [0.29, 0.717) is 11.8 Å². The van der Waals surface area contributed by atoms with Gasteiger partial charge in [-0.1, -0.05) is 133 Å². The van der Waals surface area contributed by atoms with E-state index in [9.17, 15) is 0 Å². The Kier molecular flexibility index (Phi) is 5.89. The molecule has 2 saturated carbocycles. The van der Waals surface area contributed by atoms with E-state index in [0.717, 1.165) is 11.8 Å². The summed E-state index contributed by atoms with van der Waals surface area (Å²) in [6.45, 7) is 0. The van der Waals surface area contributed by atoms with Gasteiger partial charge in [-0.05, 0) is 133 Å². The summed E-state index contributed by atoms with van der Waals surface area (Å²) in [5.74, 6) is 3.02. The average Bonchev–Trinajstić information content (AvgIpc) is 3.42. The largest absolute Gasteiger partial charge is 0.140 e. The maximum atomic E-state index is 2.58. The van der Waals surface area contributed by atoms with Crippen molar-refractivity contribution in [3.8, 4) is 33.4 Å². The summed E-state index contributed by atoms with van der Waals surface area (Å²) in [6.07, 6.45) is 6.83. The number of hydrogen-bond acceptors (Lipinski definition) is 0. The fraction of sp³-hybridized carbons (Fsp3) is 0.200. The second-order valence-electron chi connectivity index (χ2n) is 14.4. The van der Waals surface area contributed by atoms with Gasteiger partial charge >= 0.3 is 0 Å². The van der Waals surface area contributed by atoms with Gasteiger partial charge in [-0.25, -0.2) is 0 Å². The molecule has 0 nitrogen and oxygen atoms in total. The van der Waals surface area contributed by atoms with Crippen LogP contribution in [-0.4, -0.2) is 7.85 Å². The van der Waals surface area contributed by atoms with Gasteiger partial charge in [0.25, 0.3) is 0 Å². The second kappa shape index (κ2) is 10.2. The molecule has 2 fully saturated rings. The van der Waals surface area contributed by atoms with E-state index in [1.165, 1.54) is 103 Å². The molecule has 7 aromatic rings. The van der Waals surface area contributed by atoms with Gasteiger partial charge in [0, 0.05) is 0 Å². The zero-order chi connectivity index (χ0) is 30.4. The van der Waals surface area contributed by atoms with Gasteiger partial charge in [0.2, 0.25) is 0 Å². The molecule has 4 unspecified atom stereocenters. The first-order valence-electron chi connectivity index (χ1n) is 17.4. The molecular weight excluding hydrogens is 551 g/mol. The molecule has 46 heavy (non-hydrogen) atoms. The van der Waals surface area contributed by atoms with Gasteiger partial charge in [0.15, 0.2) is 0 Å². The SMILES string of the molecule is Bc1c2ccccc2c(-c2ccc(-c3ccc4c(c3)C3CCC5CC(C3)CC5c3c-4ccc4ccccc34)cc2)c2ccccc12. The fourth-order valence-electron chi connectivity index (χ4n) is 10.1. The molecule has 0 N–H and O–H groups in total.